The normalized spacial score (nSPS) is 11.7. The molecule has 64 valence electrons. The molecule has 3 heteroatoms. The van der Waals surface area contributed by atoms with E-state index in [4.69, 9.17) is 0 Å². The summed E-state index contributed by atoms with van der Waals surface area (Å²) in [7, 11) is 0. The van der Waals surface area contributed by atoms with Gasteiger partial charge >= 0.3 is 0 Å². The summed E-state index contributed by atoms with van der Waals surface area (Å²) in [4.78, 5) is 0.942. The molecule has 0 amide bonds. The predicted octanol–water partition coefficient (Wildman–Crippen LogP) is 3.66. The van der Waals surface area contributed by atoms with E-state index in [-0.39, 0.29) is 0 Å². The minimum absolute atomic E-state index is 0.561. The van der Waals surface area contributed by atoms with Gasteiger partial charge in [0.1, 0.15) is 6.26 Å². The highest BCUT2D eigenvalue weighted by Crippen LogP contribution is 2.28. The molecule has 0 aliphatic carbocycles. The van der Waals surface area contributed by atoms with Gasteiger partial charge in [-0.05, 0) is 12.3 Å². The molecule has 0 fully saturated rings. The lowest BCUT2D eigenvalue weighted by Gasteiger charge is -1.96. The molecule has 0 unspecified atom stereocenters. The molecular weight excluding hydrogens is 175 g/mol. The summed E-state index contributed by atoms with van der Waals surface area (Å²) in [6.07, 6.45) is 3.28. The van der Waals surface area contributed by atoms with Gasteiger partial charge in [0.15, 0.2) is 0 Å². The maximum absolute atomic E-state index is 12.4. The number of hydrogen-bond acceptors (Lipinski definition) is 2. The fourth-order valence-electron chi connectivity index (χ4n) is 0.832. The first-order valence-electron chi connectivity index (χ1n) is 3.46. The van der Waals surface area contributed by atoms with Crippen LogP contribution in [0.5, 0.6) is 0 Å². The molecule has 12 heavy (non-hydrogen) atoms. The zero-order valence-electron chi connectivity index (χ0n) is 6.71. The van der Waals surface area contributed by atoms with Crippen LogP contribution in [0, 0.1) is 6.01 Å². The monoisotopic (exact) mass is 184 g/mol. The molecular formula is C9H9FOS. The van der Waals surface area contributed by atoms with Crippen molar-refractivity contribution >= 4 is 16.7 Å². The smallest absolute Gasteiger partial charge is 0.278 e. The first-order chi connectivity index (χ1) is 5.77. The van der Waals surface area contributed by atoms with Crippen LogP contribution >= 0.6 is 11.8 Å². The lowest BCUT2D eigenvalue weighted by atomic mass is 10.3. The molecule has 0 N–H and O–H groups in total. The zero-order valence-corrected chi connectivity index (χ0v) is 7.53. The minimum Gasteiger partial charge on any atom is -0.439 e. The summed E-state index contributed by atoms with van der Waals surface area (Å²) in [6.45, 7) is 5.46. The number of halogens is 1. The zero-order chi connectivity index (χ0) is 8.97. The molecule has 0 bridgehead atoms. The SMILES string of the molecule is C=CS/C(=C\C)c1coc(F)c1. The molecule has 1 aromatic rings. The average molecular weight is 184 g/mol. The summed E-state index contributed by atoms with van der Waals surface area (Å²) in [5.41, 5.74) is 0.750. The third-order valence-corrected chi connectivity index (χ3v) is 2.22. The number of allylic oxidation sites excluding steroid dienone is 1. The van der Waals surface area contributed by atoms with Gasteiger partial charge in [-0.1, -0.05) is 24.4 Å². The number of hydrogen-bond donors (Lipinski definition) is 0. The molecule has 1 rings (SSSR count). The van der Waals surface area contributed by atoms with Crippen molar-refractivity contribution < 1.29 is 8.81 Å². The Kier molecular flexibility index (Phi) is 3.17. The van der Waals surface area contributed by atoms with Crippen molar-refractivity contribution in [2.75, 3.05) is 0 Å². The van der Waals surface area contributed by atoms with Crippen LogP contribution in [0.1, 0.15) is 12.5 Å². The molecule has 0 saturated heterocycles. The molecule has 1 heterocycles. The molecule has 0 saturated carbocycles. The largest absolute Gasteiger partial charge is 0.439 e. The summed E-state index contributed by atoms with van der Waals surface area (Å²) >= 11 is 1.44. The second-order valence-corrected chi connectivity index (χ2v) is 3.09. The molecule has 0 aliphatic heterocycles. The van der Waals surface area contributed by atoms with Crippen molar-refractivity contribution in [2.24, 2.45) is 0 Å². The molecule has 0 aliphatic rings. The number of furan rings is 1. The van der Waals surface area contributed by atoms with Gasteiger partial charge < -0.3 is 4.42 Å². The average Bonchev–Trinajstić information content (AvgIpc) is 2.47. The quantitative estimate of drug-likeness (QED) is 0.711. The third-order valence-electron chi connectivity index (χ3n) is 1.32. The topological polar surface area (TPSA) is 13.1 Å². The van der Waals surface area contributed by atoms with Crippen LogP contribution in [-0.2, 0) is 0 Å². The fourth-order valence-corrected chi connectivity index (χ4v) is 1.39. The van der Waals surface area contributed by atoms with E-state index < -0.39 is 6.01 Å². The van der Waals surface area contributed by atoms with Crippen molar-refractivity contribution in [2.45, 2.75) is 6.92 Å². The number of thioether (sulfide) groups is 1. The van der Waals surface area contributed by atoms with E-state index in [0.29, 0.717) is 0 Å². The summed E-state index contributed by atoms with van der Waals surface area (Å²) in [5.74, 6) is 0. The van der Waals surface area contributed by atoms with E-state index in [1.165, 1.54) is 24.1 Å². The van der Waals surface area contributed by atoms with E-state index in [1.807, 2.05) is 13.0 Å². The van der Waals surface area contributed by atoms with Crippen LogP contribution in [0.4, 0.5) is 4.39 Å². The van der Waals surface area contributed by atoms with Crippen molar-refractivity contribution in [1.82, 2.24) is 0 Å². The van der Waals surface area contributed by atoms with E-state index in [0.717, 1.165) is 10.5 Å². The van der Waals surface area contributed by atoms with Gasteiger partial charge in [0.2, 0.25) is 0 Å². The van der Waals surface area contributed by atoms with E-state index in [1.54, 1.807) is 5.41 Å². The number of rotatable bonds is 3. The Hall–Kier alpha value is -0.960. The highest BCUT2D eigenvalue weighted by Gasteiger charge is 2.04. The van der Waals surface area contributed by atoms with Crippen LogP contribution in [-0.4, -0.2) is 0 Å². The predicted molar refractivity (Wildman–Crippen MR) is 50.1 cm³/mol. The van der Waals surface area contributed by atoms with Crippen LogP contribution < -0.4 is 0 Å². The highest BCUT2D eigenvalue weighted by atomic mass is 32.2. The maximum atomic E-state index is 12.4. The van der Waals surface area contributed by atoms with Gasteiger partial charge in [-0.2, -0.15) is 4.39 Å². The van der Waals surface area contributed by atoms with Crippen LogP contribution in [0.2, 0.25) is 0 Å². The lowest BCUT2D eigenvalue weighted by Crippen LogP contribution is -1.71. The molecule has 0 atom stereocenters. The highest BCUT2D eigenvalue weighted by molar-refractivity contribution is 8.10. The molecule has 0 aromatic carbocycles. The summed E-state index contributed by atoms with van der Waals surface area (Å²) in [6, 6.07) is 0.792. The van der Waals surface area contributed by atoms with Gasteiger partial charge in [-0.3, -0.25) is 0 Å². The van der Waals surface area contributed by atoms with Crippen molar-refractivity contribution in [3.05, 3.63) is 42.0 Å². The van der Waals surface area contributed by atoms with Crippen molar-refractivity contribution in [3.8, 4) is 0 Å². The minimum atomic E-state index is -0.561. The van der Waals surface area contributed by atoms with Crippen LogP contribution in [0.25, 0.3) is 4.91 Å². The van der Waals surface area contributed by atoms with Gasteiger partial charge in [-0.25, -0.2) is 0 Å². The first-order valence-corrected chi connectivity index (χ1v) is 4.34. The first kappa shape index (κ1) is 9.13. The molecule has 0 radical (unpaired) electrons. The Labute approximate surface area is 75.0 Å². The van der Waals surface area contributed by atoms with Crippen LogP contribution in [0.3, 0.4) is 0 Å². The van der Waals surface area contributed by atoms with Crippen LogP contribution in [0.15, 0.2) is 34.8 Å². The second kappa shape index (κ2) is 4.16. The van der Waals surface area contributed by atoms with Gasteiger partial charge in [0, 0.05) is 16.5 Å². The van der Waals surface area contributed by atoms with E-state index in [9.17, 15) is 4.39 Å². The maximum Gasteiger partial charge on any atom is 0.278 e. The summed E-state index contributed by atoms with van der Waals surface area (Å²) in [5, 5.41) is 1.69. The second-order valence-electron chi connectivity index (χ2n) is 2.08. The van der Waals surface area contributed by atoms with E-state index in [2.05, 4.69) is 11.0 Å². The standard InChI is InChI=1S/C9H9FOS/c1-3-8(12-4-2)7-5-9(10)11-6-7/h3-6H,2H2,1H3/b8-3-. The molecule has 1 nitrogen and oxygen atoms in total. The Morgan fingerprint density at radius 1 is 1.75 bits per heavy atom. The van der Waals surface area contributed by atoms with Crippen molar-refractivity contribution in [1.29, 1.82) is 0 Å². The molecule has 0 spiro atoms. The van der Waals surface area contributed by atoms with Gasteiger partial charge in [0.25, 0.3) is 6.01 Å². The Morgan fingerprint density at radius 3 is 2.92 bits per heavy atom. The Bertz CT molecular complexity index is 301. The van der Waals surface area contributed by atoms with E-state index >= 15 is 0 Å². The Balaban J connectivity index is 2.87. The molecule has 1 aromatic heterocycles. The van der Waals surface area contributed by atoms with Gasteiger partial charge in [0.05, 0.1) is 0 Å². The third kappa shape index (κ3) is 2.01. The van der Waals surface area contributed by atoms with Crippen molar-refractivity contribution in [3.63, 3.8) is 0 Å². The Morgan fingerprint density at radius 2 is 2.50 bits per heavy atom. The summed E-state index contributed by atoms with van der Waals surface area (Å²) < 4.78 is 17.0. The lowest BCUT2D eigenvalue weighted by molar-refractivity contribution is 0.359. The van der Waals surface area contributed by atoms with Gasteiger partial charge in [-0.15, -0.1) is 0 Å². The fraction of sp³-hybridized carbons (Fsp3) is 0.111.